The number of rotatable bonds is 4. The minimum Gasteiger partial charge on any atom is -0.0757 e. The van der Waals surface area contributed by atoms with Crippen molar-refractivity contribution in [3.8, 4) is 0 Å². The minimum atomic E-state index is -0.0907. The van der Waals surface area contributed by atoms with E-state index in [1.54, 1.807) is 0 Å². The lowest BCUT2D eigenvalue weighted by atomic mass is 9.69. The van der Waals surface area contributed by atoms with Gasteiger partial charge in [-0.2, -0.15) is 0 Å². The second kappa shape index (κ2) is 7.41. The van der Waals surface area contributed by atoms with Gasteiger partial charge in [-0.1, -0.05) is 121 Å². The van der Waals surface area contributed by atoms with E-state index in [1.165, 1.54) is 22.3 Å². The summed E-state index contributed by atoms with van der Waals surface area (Å²) in [5.41, 5.74) is 5.07. The second-order valence-corrected chi connectivity index (χ2v) is 6.69. The number of hydrogen-bond donors (Lipinski definition) is 0. The largest absolute Gasteiger partial charge is 0.0757 e. The first-order chi connectivity index (χ1) is 12.9. The Balaban J connectivity index is 1.66. The fourth-order valence-corrected chi connectivity index (χ4v) is 3.60. The average molecular weight is 334 g/mol. The molecule has 0 N–H and O–H groups in total. The first-order valence-electron chi connectivity index (χ1n) is 9.10. The lowest BCUT2D eigenvalue weighted by Crippen LogP contribution is -2.26. The third kappa shape index (κ3) is 3.32. The Kier molecular flexibility index (Phi) is 4.66. The minimum absolute atomic E-state index is 0.0907. The Labute approximate surface area is 155 Å². The zero-order valence-corrected chi connectivity index (χ0v) is 14.8. The number of hydrogen-bond acceptors (Lipinski definition) is 0. The topological polar surface area (TPSA) is 0 Å². The van der Waals surface area contributed by atoms with Crippen LogP contribution in [0.3, 0.4) is 0 Å². The van der Waals surface area contributed by atoms with Gasteiger partial charge in [-0.05, 0) is 28.7 Å². The summed E-state index contributed by atoms with van der Waals surface area (Å²) in [6.07, 6.45) is 12.3. The highest BCUT2D eigenvalue weighted by Crippen LogP contribution is 2.40. The predicted molar refractivity (Wildman–Crippen MR) is 111 cm³/mol. The molecule has 0 saturated carbocycles. The van der Waals surface area contributed by atoms with Crippen molar-refractivity contribution < 1.29 is 0 Å². The fourth-order valence-electron chi connectivity index (χ4n) is 3.60. The molecule has 0 saturated heterocycles. The highest BCUT2D eigenvalue weighted by molar-refractivity contribution is 5.57. The van der Waals surface area contributed by atoms with Gasteiger partial charge >= 0.3 is 0 Å². The lowest BCUT2D eigenvalue weighted by Gasteiger charge is -2.33. The van der Waals surface area contributed by atoms with Crippen LogP contribution >= 0.6 is 0 Å². The van der Waals surface area contributed by atoms with Gasteiger partial charge in [0.1, 0.15) is 0 Å². The van der Waals surface area contributed by atoms with Gasteiger partial charge in [0.05, 0.1) is 0 Å². The molecular formula is C26H22. The summed E-state index contributed by atoms with van der Waals surface area (Å²) in [4.78, 5) is 0. The standard InChI is InChI=1S/C26H22/c1-4-10-22(11-5-1)16-17-23-18-20-26(21-19-23,24-12-6-2-7-13-24)25-14-8-3-9-15-25/h1-20H,21H2/b17-16+. The van der Waals surface area contributed by atoms with Gasteiger partial charge < -0.3 is 0 Å². The monoisotopic (exact) mass is 334 g/mol. The summed E-state index contributed by atoms with van der Waals surface area (Å²) in [6, 6.07) is 32.0. The zero-order valence-electron chi connectivity index (χ0n) is 14.8. The summed E-state index contributed by atoms with van der Waals surface area (Å²) < 4.78 is 0. The van der Waals surface area contributed by atoms with Gasteiger partial charge in [0, 0.05) is 5.41 Å². The molecule has 0 aromatic heterocycles. The van der Waals surface area contributed by atoms with Crippen LogP contribution in [-0.2, 0) is 5.41 Å². The van der Waals surface area contributed by atoms with Crippen molar-refractivity contribution >= 4 is 6.08 Å². The second-order valence-electron chi connectivity index (χ2n) is 6.69. The van der Waals surface area contributed by atoms with Crippen LogP contribution in [0.5, 0.6) is 0 Å². The van der Waals surface area contributed by atoms with E-state index < -0.39 is 0 Å². The zero-order chi connectivity index (χ0) is 17.7. The van der Waals surface area contributed by atoms with Crippen molar-refractivity contribution in [3.05, 3.63) is 138 Å². The van der Waals surface area contributed by atoms with Crippen LogP contribution in [0.4, 0.5) is 0 Å². The van der Waals surface area contributed by atoms with E-state index >= 15 is 0 Å². The van der Waals surface area contributed by atoms with Crippen molar-refractivity contribution in [2.24, 2.45) is 0 Å². The van der Waals surface area contributed by atoms with Crippen molar-refractivity contribution in [3.63, 3.8) is 0 Å². The molecule has 0 nitrogen and oxygen atoms in total. The molecule has 126 valence electrons. The SMILES string of the molecule is C1=CC(c2ccccc2)(c2ccccc2)CC=C1/C=C/c1ccccc1. The van der Waals surface area contributed by atoms with E-state index in [0.29, 0.717) is 0 Å². The van der Waals surface area contributed by atoms with Crippen LogP contribution in [0.1, 0.15) is 23.1 Å². The summed E-state index contributed by atoms with van der Waals surface area (Å²) in [5, 5.41) is 0. The maximum Gasteiger partial charge on any atom is 0.0419 e. The molecule has 0 unspecified atom stereocenters. The van der Waals surface area contributed by atoms with Crippen LogP contribution in [0.15, 0.2) is 121 Å². The van der Waals surface area contributed by atoms with E-state index in [2.05, 4.69) is 115 Å². The van der Waals surface area contributed by atoms with E-state index in [9.17, 15) is 0 Å². The molecule has 0 heterocycles. The number of benzene rings is 3. The van der Waals surface area contributed by atoms with Gasteiger partial charge in [0.25, 0.3) is 0 Å². The Morgan fingerprint density at radius 1 is 0.615 bits per heavy atom. The van der Waals surface area contributed by atoms with Crippen LogP contribution in [0, 0.1) is 0 Å². The van der Waals surface area contributed by atoms with E-state index in [0.717, 1.165) is 6.42 Å². The molecule has 0 atom stereocenters. The van der Waals surface area contributed by atoms with Crippen molar-refractivity contribution in [2.45, 2.75) is 11.8 Å². The fraction of sp³-hybridized carbons (Fsp3) is 0.0769. The molecular weight excluding hydrogens is 312 g/mol. The van der Waals surface area contributed by atoms with Crippen molar-refractivity contribution in [2.75, 3.05) is 0 Å². The summed E-state index contributed by atoms with van der Waals surface area (Å²) in [7, 11) is 0. The molecule has 26 heavy (non-hydrogen) atoms. The van der Waals surface area contributed by atoms with Crippen LogP contribution in [0.25, 0.3) is 6.08 Å². The molecule has 3 aromatic rings. The molecule has 1 aliphatic rings. The Morgan fingerprint density at radius 2 is 1.15 bits per heavy atom. The molecule has 4 rings (SSSR count). The normalized spacial score (nSPS) is 15.8. The summed E-state index contributed by atoms with van der Waals surface area (Å²) in [5.74, 6) is 0. The lowest BCUT2D eigenvalue weighted by molar-refractivity contribution is 0.645. The van der Waals surface area contributed by atoms with Gasteiger partial charge in [0.15, 0.2) is 0 Å². The molecule has 0 spiro atoms. The molecule has 0 heteroatoms. The molecule has 0 aliphatic heterocycles. The molecule has 0 fully saturated rings. The first-order valence-corrected chi connectivity index (χ1v) is 9.10. The van der Waals surface area contributed by atoms with Crippen molar-refractivity contribution in [1.29, 1.82) is 0 Å². The predicted octanol–water partition coefficient (Wildman–Crippen LogP) is 6.57. The molecule has 0 bridgehead atoms. The third-order valence-electron chi connectivity index (χ3n) is 5.07. The number of allylic oxidation sites excluding steroid dienone is 5. The van der Waals surface area contributed by atoms with Crippen molar-refractivity contribution in [1.82, 2.24) is 0 Å². The van der Waals surface area contributed by atoms with Gasteiger partial charge in [-0.25, -0.2) is 0 Å². The van der Waals surface area contributed by atoms with Crippen LogP contribution in [0.2, 0.25) is 0 Å². The Hall–Kier alpha value is -3.12. The van der Waals surface area contributed by atoms with Gasteiger partial charge in [0.2, 0.25) is 0 Å². The Morgan fingerprint density at radius 3 is 1.65 bits per heavy atom. The summed E-state index contributed by atoms with van der Waals surface area (Å²) in [6.45, 7) is 0. The highest BCUT2D eigenvalue weighted by atomic mass is 14.3. The highest BCUT2D eigenvalue weighted by Gasteiger charge is 2.31. The Bertz CT molecular complexity index is 890. The maximum absolute atomic E-state index is 2.36. The average Bonchev–Trinajstić information content (AvgIpc) is 2.75. The van der Waals surface area contributed by atoms with Gasteiger partial charge in [-0.3, -0.25) is 0 Å². The first kappa shape index (κ1) is 16.4. The van der Waals surface area contributed by atoms with Crippen LogP contribution in [-0.4, -0.2) is 0 Å². The third-order valence-corrected chi connectivity index (χ3v) is 5.07. The molecule has 3 aromatic carbocycles. The van der Waals surface area contributed by atoms with E-state index in [4.69, 9.17) is 0 Å². The van der Waals surface area contributed by atoms with E-state index in [1.807, 2.05) is 6.07 Å². The smallest absolute Gasteiger partial charge is 0.0419 e. The van der Waals surface area contributed by atoms with Gasteiger partial charge in [-0.15, -0.1) is 0 Å². The molecule has 1 aliphatic carbocycles. The van der Waals surface area contributed by atoms with Crippen LogP contribution < -0.4 is 0 Å². The quantitative estimate of drug-likeness (QED) is 0.506. The summed E-state index contributed by atoms with van der Waals surface area (Å²) >= 11 is 0. The molecule has 0 amide bonds. The van der Waals surface area contributed by atoms with E-state index in [-0.39, 0.29) is 5.41 Å². The molecule has 0 radical (unpaired) electrons. The maximum atomic E-state index is 2.36.